The Morgan fingerprint density at radius 2 is 1.80 bits per heavy atom. The Balaban J connectivity index is 1.98. The SMILES string of the molecule is CCC(NS(=O)(=O)N(C)C1CCN(C(=O)OC(C)(C)C)CC1)c1ccc(OC)cc1. The normalized spacial score (nSPS) is 17.1. The smallest absolute Gasteiger partial charge is 0.410 e. The first-order valence-corrected chi connectivity index (χ1v) is 11.8. The highest BCUT2D eigenvalue weighted by atomic mass is 32.2. The van der Waals surface area contributed by atoms with Crippen LogP contribution in [0.15, 0.2) is 24.3 Å². The van der Waals surface area contributed by atoms with Crippen molar-refractivity contribution < 1.29 is 22.7 Å². The summed E-state index contributed by atoms with van der Waals surface area (Å²) in [5.74, 6) is 0.727. The molecule has 1 unspecified atom stereocenters. The third-order valence-electron chi connectivity index (χ3n) is 5.23. The molecule has 0 saturated carbocycles. The van der Waals surface area contributed by atoms with Crippen molar-refractivity contribution in [1.82, 2.24) is 13.9 Å². The lowest BCUT2D eigenvalue weighted by Gasteiger charge is -2.37. The summed E-state index contributed by atoms with van der Waals surface area (Å²) in [6.07, 6.45) is 1.40. The summed E-state index contributed by atoms with van der Waals surface area (Å²) in [4.78, 5) is 13.9. The van der Waals surface area contributed by atoms with Gasteiger partial charge in [-0.15, -0.1) is 0 Å². The number of methoxy groups -OCH3 is 1. The first kappa shape index (κ1) is 24.4. The average molecular weight is 442 g/mol. The number of amides is 1. The molecule has 170 valence electrons. The van der Waals surface area contributed by atoms with E-state index >= 15 is 0 Å². The molecule has 1 aliphatic rings. The van der Waals surface area contributed by atoms with Crippen LogP contribution in [0.3, 0.4) is 0 Å². The standard InChI is InChI=1S/C21H35N3O5S/c1-7-19(16-8-10-18(28-6)11-9-16)22-30(26,27)23(5)17-12-14-24(15-13-17)20(25)29-21(2,3)4/h8-11,17,19,22H,7,12-15H2,1-6H3. The van der Waals surface area contributed by atoms with Crippen LogP contribution in [0.4, 0.5) is 4.79 Å². The number of benzene rings is 1. The van der Waals surface area contributed by atoms with Crippen molar-refractivity contribution in [3.8, 4) is 5.75 Å². The lowest BCUT2D eigenvalue weighted by atomic mass is 10.1. The zero-order valence-corrected chi connectivity index (χ0v) is 19.7. The summed E-state index contributed by atoms with van der Waals surface area (Å²) < 4.78 is 40.7. The fourth-order valence-electron chi connectivity index (χ4n) is 3.42. The van der Waals surface area contributed by atoms with E-state index in [1.165, 1.54) is 4.31 Å². The molecule has 1 saturated heterocycles. The van der Waals surface area contributed by atoms with Crippen LogP contribution in [0.2, 0.25) is 0 Å². The number of nitrogens with one attached hydrogen (secondary N) is 1. The number of likely N-dealkylation sites (tertiary alicyclic amines) is 1. The lowest BCUT2D eigenvalue weighted by molar-refractivity contribution is 0.0183. The zero-order valence-electron chi connectivity index (χ0n) is 18.8. The van der Waals surface area contributed by atoms with E-state index in [0.29, 0.717) is 32.4 Å². The van der Waals surface area contributed by atoms with Crippen molar-refractivity contribution in [2.75, 3.05) is 27.2 Å². The van der Waals surface area contributed by atoms with Gasteiger partial charge in [0.1, 0.15) is 11.4 Å². The molecule has 30 heavy (non-hydrogen) atoms. The van der Waals surface area contributed by atoms with Crippen LogP contribution >= 0.6 is 0 Å². The number of piperidine rings is 1. The minimum absolute atomic E-state index is 0.172. The minimum atomic E-state index is -3.68. The summed E-state index contributed by atoms with van der Waals surface area (Å²) in [6.45, 7) is 8.37. The second-order valence-electron chi connectivity index (χ2n) is 8.57. The molecular formula is C21H35N3O5S. The largest absolute Gasteiger partial charge is 0.497 e. The first-order valence-electron chi connectivity index (χ1n) is 10.3. The van der Waals surface area contributed by atoms with Crippen molar-refractivity contribution in [3.63, 3.8) is 0 Å². The number of carbonyl (C=O) groups is 1. The highest BCUT2D eigenvalue weighted by Gasteiger charge is 2.33. The second kappa shape index (κ2) is 9.98. The van der Waals surface area contributed by atoms with E-state index in [0.717, 1.165) is 11.3 Å². The number of carbonyl (C=O) groups excluding carboxylic acids is 1. The average Bonchev–Trinajstić information content (AvgIpc) is 2.70. The second-order valence-corrected chi connectivity index (χ2v) is 10.3. The minimum Gasteiger partial charge on any atom is -0.497 e. The number of nitrogens with zero attached hydrogens (tertiary/aromatic N) is 2. The Morgan fingerprint density at radius 1 is 1.23 bits per heavy atom. The van der Waals surface area contributed by atoms with Crippen molar-refractivity contribution in [2.45, 2.75) is 64.6 Å². The molecule has 0 aromatic heterocycles. The molecule has 1 aliphatic heterocycles. The maximum Gasteiger partial charge on any atom is 0.410 e. The van der Waals surface area contributed by atoms with Crippen molar-refractivity contribution in [3.05, 3.63) is 29.8 Å². The molecule has 2 rings (SSSR count). The van der Waals surface area contributed by atoms with E-state index in [-0.39, 0.29) is 18.2 Å². The van der Waals surface area contributed by atoms with Gasteiger partial charge in [-0.25, -0.2) is 4.79 Å². The Kier molecular flexibility index (Phi) is 8.13. The van der Waals surface area contributed by atoms with Crippen LogP contribution in [-0.2, 0) is 14.9 Å². The molecule has 1 aromatic carbocycles. The molecule has 1 fully saturated rings. The first-order chi connectivity index (χ1) is 14.0. The molecular weight excluding hydrogens is 406 g/mol. The van der Waals surface area contributed by atoms with Gasteiger partial charge in [-0.2, -0.15) is 17.4 Å². The van der Waals surface area contributed by atoms with Gasteiger partial charge in [0.15, 0.2) is 0 Å². The van der Waals surface area contributed by atoms with Gasteiger partial charge < -0.3 is 14.4 Å². The number of ether oxygens (including phenoxy) is 2. The molecule has 0 spiro atoms. The molecule has 0 bridgehead atoms. The summed E-state index contributed by atoms with van der Waals surface area (Å²) in [6, 6.07) is 6.88. The van der Waals surface area contributed by atoms with Gasteiger partial charge in [0.25, 0.3) is 10.2 Å². The maximum absolute atomic E-state index is 13.0. The molecule has 1 amide bonds. The van der Waals surface area contributed by atoms with E-state index in [2.05, 4.69) is 4.72 Å². The van der Waals surface area contributed by atoms with E-state index in [4.69, 9.17) is 9.47 Å². The van der Waals surface area contributed by atoms with Gasteiger partial charge in [-0.1, -0.05) is 19.1 Å². The van der Waals surface area contributed by atoms with Crippen LogP contribution in [0.1, 0.15) is 58.6 Å². The number of hydrogen-bond donors (Lipinski definition) is 1. The van der Waals surface area contributed by atoms with Gasteiger partial charge in [-0.3, -0.25) is 0 Å². The maximum atomic E-state index is 13.0. The van der Waals surface area contributed by atoms with Gasteiger partial charge in [0, 0.05) is 32.2 Å². The molecule has 8 nitrogen and oxygen atoms in total. The highest BCUT2D eigenvalue weighted by Crippen LogP contribution is 2.24. The van der Waals surface area contributed by atoms with Crippen molar-refractivity contribution in [1.29, 1.82) is 0 Å². The fourth-order valence-corrected chi connectivity index (χ4v) is 4.85. The topological polar surface area (TPSA) is 88.2 Å². The molecule has 1 atom stereocenters. The molecule has 1 N–H and O–H groups in total. The number of hydrogen-bond acceptors (Lipinski definition) is 5. The van der Waals surface area contributed by atoms with E-state index < -0.39 is 15.8 Å². The van der Waals surface area contributed by atoms with E-state index in [1.807, 2.05) is 52.0 Å². The third kappa shape index (κ3) is 6.58. The van der Waals surface area contributed by atoms with E-state index in [9.17, 15) is 13.2 Å². The Hall–Kier alpha value is -1.84. The summed E-state index contributed by atoms with van der Waals surface area (Å²) in [5.41, 5.74) is 0.337. The predicted molar refractivity (Wildman–Crippen MR) is 117 cm³/mol. The quantitative estimate of drug-likeness (QED) is 0.701. The Labute approximate surface area is 180 Å². The van der Waals surface area contributed by atoms with E-state index in [1.54, 1.807) is 19.1 Å². The lowest BCUT2D eigenvalue weighted by Crippen LogP contribution is -2.51. The molecule has 0 radical (unpaired) electrons. The van der Waals surface area contributed by atoms with Gasteiger partial charge >= 0.3 is 6.09 Å². The monoisotopic (exact) mass is 441 g/mol. The summed E-state index contributed by atoms with van der Waals surface area (Å²) in [7, 11) is -0.495. The van der Waals surface area contributed by atoms with Crippen LogP contribution in [-0.4, -0.2) is 62.6 Å². The summed E-state index contributed by atoms with van der Waals surface area (Å²) >= 11 is 0. The van der Waals surface area contributed by atoms with Crippen LogP contribution < -0.4 is 9.46 Å². The number of rotatable bonds is 7. The van der Waals surface area contributed by atoms with Crippen LogP contribution in [0.5, 0.6) is 5.75 Å². The predicted octanol–water partition coefficient (Wildman–Crippen LogP) is 3.31. The molecule has 1 aromatic rings. The highest BCUT2D eigenvalue weighted by molar-refractivity contribution is 7.87. The molecule has 0 aliphatic carbocycles. The Morgan fingerprint density at radius 3 is 2.27 bits per heavy atom. The van der Waals surface area contributed by atoms with Crippen LogP contribution in [0.25, 0.3) is 0 Å². The molecule has 9 heteroatoms. The Bertz CT molecular complexity index is 797. The van der Waals surface area contributed by atoms with Crippen molar-refractivity contribution >= 4 is 16.3 Å². The zero-order chi connectivity index (χ0) is 22.5. The third-order valence-corrected chi connectivity index (χ3v) is 6.87. The van der Waals surface area contributed by atoms with Gasteiger partial charge in [0.05, 0.1) is 7.11 Å². The van der Waals surface area contributed by atoms with Crippen molar-refractivity contribution in [2.24, 2.45) is 0 Å². The summed E-state index contributed by atoms with van der Waals surface area (Å²) in [5, 5.41) is 0. The molecule has 1 heterocycles. The van der Waals surface area contributed by atoms with Gasteiger partial charge in [-0.05, 0) is 57.7 Å². The van der Waals surface area contributed by atoms with Gasteiger partial charge in [0.2, 0.25) is 0 Å². The fraction of sp³-hybridized carbons (Fsp3) is 0.667. The van der Waals surface area contributed by atoms with Crippen LogP contribution in [0, 0.1) is 0 Å².